The number of alkyl halides is 7. The second-order valence-corrected chi connectivity index (χ2v) is 11.7. The molecule has 13 heteroatoms. The van der Waals surface area contributed by atoms with Gasteiger partial charge in [-0.15, -0.1) is 11.6 Å². The Bertz CT molecular complexity index is 336. The fraction of sp³-hybridized carbons (Fsp3) is 1.00. The number of hydrogen-bond acceptors (Lipinski definition) is 1. The van der Waals surface area contributed by atoms with E-state index in [0.29, 0.717) is 0 Å². The molecule has 116 valence electrons. The van der Waals surface area contributed by atoms with Gasteiger partial charge in [0.15, 0.2) is 7.51 Å². The molecule has 0 aliphatic heterocycles. The van der Waals surface area contributed by atoms with Crippen LogP contribution in [-0.4, -0.2) is 49.0 Å². The summed E-state index contributed by atoms with van der Waals surface area (Å²) in [6.07, 6.45) is 0. The minimum atomic E-state index is -3.03. The van der Waals surface area contributed by atoms with Crippen LogP contribution in [0.25, 0.3) is 0 Å². The van der Waals surface area contributed by atoms with Crippen molar-refractivity contribution < 1.29 is 0 Å². The molecule has 0 aliphatic rings. The van der Waals surface area contributed by atoms with Crippen LogP contribution in [0.15, 0.2) is 4.26 Å². The van der Waals surface area contributed by atoms with E-state index in [2.05, 4.69) is 4.26 Å². The molecule has 0 aromatic carbocycles. The van der Waals surface area contributed by atoms with E-state index in [1.165, 1.54) is 4.67 Å². The van der Waals surface area contributed by atoms with Crippen LogP contribution in [-0.2, 0) is 0 Å². The summed E-state index contributed by atoms with van der Waals surface area (Å²) in [5.74, 6) is 0. The molecule has 0 bridgehead atoms. The number of nitrogens with zero attached hydrogens (tertiary/aromatic N) is 4. The summed E-state index contributed by atoms with van der Waals surface area (Å²) in [6, 6.07) is 0.0279. The van der Waals surface area contributed by atoms with Gasteiger partial charge in [-0.25, -0.2) is 4.67 Å². The van der Waals surface area contributed by atoms with E-state index in [9.17, 15) is 0 Å². The summed E-state index contributed by atoms with van der Waals surface area (Å²) in [6.45, 7) is 0. The zero-order valence-electron chi connectivity index (χ0n) is 9.97. The molecule has 0 amide bonds. The summed E-state index contributed by atoms with van der Waals surface area (Å²) in [5.41, 5.74) is 0. The second kappa shape index (κ2) is 7.81. The van der Waals surface area contributed by atoms with Gasteiger partial charge in [0, 0.05) is 11.8 Å². The molecule has 0 spiro atoms. The van der Waals surface area contributed by atoms with Crippen molar-refractivity contribution >= 4 is 100 Å². The van der Waals surface area contributed by atoms with Crippen molar-refractivity contribution in [3.63, 3.8) is 0 Å². The predicted molar refractivity (Wildman–Crippen MR) is 89.8 cm³/mol. The van der Waals surface area contributed by atoms with Crippen LogP contribution in [0, 0.1) is 0 Å². The van der Waals surface area contributed by atoms with Crippen LogP contribution in [0.5, 0.6) is 0 Å². The molecule has 0 N–H and O–H groups in total. The van der Waals surface area contributed by atoms with Crippen LogP contribution in [0.4, 0.5) is 0 Å². The van der Waals surface area contributed by atoms with E-state index >= 15 is 0 Å². The van der Waals surface area contributed by atoms with Gasteiger partial charge in [-0.2, -0.15) is 8.93 Å². The number of hydrogen-bond donors (Lipinski definition) is 0. The smallest absolute Gasteiger partial charge is 0.251 e. The highest BCUT2D eigenvalue weighted by Gasteiger charge is 2.55. The Morgan fingerprint density at radius 3 is 1.47 bits per heavy atom. The van der Waals surface area contributed by atoms with Gasteiger partial charge >= 0.3 is 0 Å². The molecule has 4 nitrogen and oxygen atoms in total. The third-order valence-corrected chi connectivity index (χ3v) is 8.34. The fourth-order valence-corrected chi connectivity index (χ4v) is 8.02. The Balaban J connectivity index is 6.24. The lowest BCUT2D eigenvalue weighted by atomic mass is 11.2. The Morgan fingerprint density at radius 2 is 1.32 bits per heavy atom. The molecule has 0 aromatic heterocycles. The third kappa shape index (κ3) is 4.95. The van der Waals surface area contributed by atoms with Gasteiger partial charge in [-0.3, -0.25) is 4.67 Å². The van der Waals surface area contributed by atoms with Gasteiger partial charge in [0.25, 0.3) is 7.83 Å². The first-order valence-corrected chi connectivity index (χ1v) is 9.22. The van der Waals surface area contributed by atoms with E-state index in [1.807, 2.05) is 0 Å². The van der Waals surface area contributed by atoms with Crippen molar-refractivity contribution in [2.24, 2.45) is 4.26 Å². The summed E-state index contributed by atoms with van der Waals surface area (Å²) >= 11 is 47.0. The highest BCUT2D eigenvalue weighted by atomic mass is 35.6. The van der Waals surface area contributed by atoms with Gasteiger partial charge in [0.1, 0.15) is 0 Å². The monoisotopic (exact) mass is 450 g/mol. The van der Waals surface area contributed by atoms with Crippen LogP contribution >= 0.6 is 100 Å². The summed E-state index contributed by atoms with van der Waals surface area (Å²) in [5, 5.41) is 0. The Hall–Kier alpha value is 2.43. The first-order valence-electron chi connectivity index (χ1n) is 4.48. The first kappa shape index (κ1) is 21.4. The molecule has 0 radical (unpaired) electrons. The van der Waals surface area contributed by atoms with E-state index < -0.39 is 15.3 Å². The Labute approximate surface area is 153 Å². The average molecular weight is 454 g/mol. The van der Waals surface area contributed by atoms with Crippen molar-refractivity contribution in [3.05, 3.63) is 0 Å². The molecule has 0 aliphatic carbocycles. The minimum Gasteiger partial charge on any atom is -0.251 e. The lowest BCUT2D eigenvalue weighted by Crippen LogP contribution is -2.48. The molecule has 1 atom stereocenters. The maximum atomic E-state index is 5.91. The van der Waals surface area contributed by atoms with E-state index in [-0.39, 0.29) is 6.00 Å². The van der Waals surface area contributed by atoms with Gasteiger partial charge in [-0.05, 0) is 21.1 Å². The van der Waals surface area contributed by atoms with Crippen molar-refractivity contribution in [1.82, 2.24) is 14.0 Å². The van der Waals surface area contributed by atoms with Crippen molar-refractivity contribution in [2.45, 2.75) is 7.83 Å². The van der Waals surface area contributed by atoms with Gasteiger partial charge in [0.05, 0.1) is 6.00 Å². The summed E-state index contributed by atoms with van der Waals surface area (Å²) in [7, 11) is 1.90. The highest BCUT2D eigenvalue weighted by molar-refractivity contribution is 7.60. The molecule has 19 heavy (non-hydrogen) atoms. The molecular weight excluding hydrogens is 443 g/mol. The predicted octanol–water partition coefficient (Wildman–Crippen LogP) is 5.73. The molecule has 0 fully saturated rings. The SMILES string of the molecule is CN(C)P(=NCl)(N(C)CCl)N(C(Cl)(Cl)Cl)C(Cl)(Cl)Cl. The van der Waals surface area contributed by atoms with Crippen LogP contribution in [0.3, 0.4) is 0 Å². The second-order valence-electron chi connectivity index (χ2n) is 3.48. The largest absolute Gasteiger partial charge is 0.257 e. The van der Waals surface area contributed by atoms with Gasteiger partial charge < -0.3 is 0 Å². The molecule has 0 saturated heterocycles. The minimum absolute atomic E-state index is 0.0279. The zero-order valence-corrected chi connectivity index (χ0v) is 16.9. The maximum absolute atomic E-state index is 5.91. The molecule has 0 aromatic rings. The Morgan fingerprint density at radius 1 is 0.947 bits per heavy atom. The average Bonchev–Trinajstić information content (AvgIpc) is 2.20. The van der Waals surface area contributed by atoms with Crippen molar-refractivity contribution in [2.75, 3.05) is 27.1 Å². The molecule has 0 saturated carbocycles. The summed E-state index contributed by atoms with van der Waals surface area (Å²) < 4.78 is 3.75. The van der Waals surface area contributed by atoms with Crippen LogP contribution < -0.4 is 0 Å². The Kier molecular flexibility index (Phi) is 8.81. The molecular formula is C6H11Cl8N4P. The van der Waals surface area contributed by atoms with E-state index in [4.69, 9.17) is 93.0 Å². The zero-order chi connectivity index (χ0) is 15.6. The maximum Gasteiger partial charge on any atom is 0.257 e. The number of rotatable bonds is 4. The van der Waals surface area contributed by atoms with Gasteiger partial charge in [-0.1, -0.05) is 69.6 Å². The summed E-state index contributed by atoms with van der Waals surface area (Å²) in [4.78, 5) is 0. The third-order valence-electron chi connectivity index (χ3n) is 2.02. The molecule has 0 heterocycles. The highest BCUT2D eigenvalue weighted by Crippen LogP contribution is 2.68. The topological polar surface area (TPSA) is 22.1 Å². The van der Waals surface area contributed by atoms with Crippen LogP contribution in [0.2, 0.25) is 0 Å². The van der Waals surface area contributed by atoms with Crippen molar-refractivity contribution in [3.8, 4) is 0 Å². The normalized spacial score (nSPS) is 17.2. The van der Waals surface area contributed by atoms with Crippen molar-refractivity contribution in [1.29, 1.82) is 0 Å². The van der Waals surface area contributed by atoms with Crippen LogP contribution in [0.1, 0.15) is 0 Å². The number of halogens is 8. The van der Waals surface area contributed by atoms with E-state index in [1.54, 1.807) is 25.8 Å². The lowest BCUT2D eigenvalue weighted by molar-refractivity contribution is 0.384. The first-order chi connectivity index (χ1) is 8.35. The molecule has 1 unspecified atom stereocenters. The fourth-order valence-electron chi connectivity index (χ4n) is 1.32. The quantitative estimate of drug-likeness (QED) is 0.308. The standard InChI is InChI=1S/C6H11Cl8N4P/c1-16(2)19(15-14,17(3)4-7)18(5(8,9)10)6(11,12)13/h4H2,1-3H3. The van der Waals surface area contributed by atoms with E-state index in [0.717, 1.165) is 4.67 Å². The lowest BCUT2D eigenvalue weighted by Gasteiger charge is -2.48. The van der Waals surface area contributed by atoms with Gasteiger partial charge in [0.2, 0.25) is 0 Å². The molecule has 0 rings (SSSR count).